The summed E-state index contributed by atoms with van der Waals surface area (Å²) < 4.78 is 0. The molecule has 2 bridgehead atoms. The molecule has 0 N–H and O–H groups in total. The van der Waals surface area contributed by atoms with E-state index in [2.05, 4.69) is 41.3 Å². The number of piperidine rings is 1. The van der Waals surface area contributed by atoms with Crippen LogP contribution in [0.25, 0.3) is 0 Å². The average Bonchev–Trinajstić information content (AvgIpc) is 3.51. The molecular weight excluding hydrogens is 344 g/mol. The fourth-order valence-corrected chi connectivity index (χ4v) is 5.32. The van der Waals surface area contributed by atoms with E-state index in [1.165, 1.54) is 18.4 Å². The number of Topliss-reactive ketones (excluding diaryl/α,β-unsaturated/α-hetero) is 1. The molecule has 5 rings (SSSR count). The van der Waals surface area contributed by atoms with Gasteiger partial charge in [-0.05, 0) is 49.7 Å². The molecule has 2 saturated heterocycles. The van der Waals surface area contributed by atoms with Gasteiger partial charge in [0.25, 0.3) is 0 Å². The van der Waals surface area contributed by atoms with E-state index >= 15 is 0 Å². The van der Waals surface area contributed by atoms with Gasteiger partial charge in [-0.2, -0.15) is 5.26 Å². The van der Waals surface area contributed by atoms with Gasteiger partial charge in [0.1, 0.15) is 0 Å². The third kappa shape index (κ3) is 3.06. The number of nitriles is 1. The lowest BCUT2D eigenvalue weighted by Gasteiger charge is -2.38. The van der Waals surface area contributed by atoms with Gasteiger partial charge < -0.3 is 0 Å². The number of fused-ring (bicyclic) bond motifs is 2. The molecule has 3 fully saturated rings. The van der Waals surface area contributed by atoms with Crippen molar-refractivity contribution in [1.82, 2.24) is 4.90 Å². The maximum Gasteiger partial charge on any atom is 0.166 e. The van der Waals surface area contributed by atoms with Crippen LogP contribution in [-0.2, 0) is 12.0 Å². The van der Waals surface area contributed by atoms with Crippen molar-refractivity contribution in [3.05, 3.63) is 71.3 Å². The largest absolute Gasteiger partial charge is 0.294 e. The molecule has 2 aliphatic heterocycles. The van der Waals surface area contributed by atoms with Gasteiger partial charge in [-0.1, -0.05) is 54.6 Å². The van der Waals surface area contributed by atoms with Gasteiger partial charge in [-0.3, -0.25) is 9.69 Å². The van der Waals surface area contributed by atoms with Crippen LogP contribution in [0, 0.1) is 17.2 Å². The molecule has 142 valence electrons. The van der Waals surface area contributed by atoms with Crippen LogP contribution in [0.15, 0.2) is 54.6 Å². The van der Waals surface area contributed by atoms with Crippen LogP contribution in [0.3, 0.4) is 0 Å². The van der Waals surface area contributed by atoms with Gasteiger partial charge in [0.15, 0.2) is 5.78 Å². The monoisotopic (exact) mass is 370 g/mol. The lowest BCUT2D eigenvalue weighted by molar-refractivity contribution is 0.0678. The zero-order chi connectivity index (χ0) is 19.1. The molecule has 0 aromatic heterocycles. The molecule has 1 saturated carbocycles. The van der Waals surface area contributed by atoms with Crippen molar-refractivity contribution >= 4 is 5.78 Å². The molecule has 28 heavy (non-hydrogen) atoms. The topological polar surface area (TPSA) is 44.1 Å². The Hall–Kier alpha value is -2.44. The molecule has 2 atom stereocenters. The maximum atomic E-state index is 13.1. The minimum Gasteiger partial charge on any atom is -0.294 e. The lowest BCUT2D eigenvalue weighted by atomic mass is 9.84. The van der Waals surface area contributed by atoms with E-state index in [1.807, 2.05) is 24.3 Å². The van der Waals surface area contributed by atoms with Crippen LogP contribution in [0.2, 0.25) is 0 Å². The molecule has 3 heteroatoms. The van der Waals surface area contributed by atoms with Gasteiger partial charge >= 0.3 is 0 Å². The first kappa shape index (κ1) is 17.6. The first-order valence-electron chi connectivity index (χ1n) is 10.5. The van der Waals surface area contributed by atoms with Crippen LogP contribution >= 0.6 is 0 Å². The van der Waals surface area contributed by atoms with Gasteiger partial charge in [-0.15, -0.1) is 0 Å². The molecule has 3 aliphatic rings. The highest BCUT2D eigenvalue weighted by molar-refractivity contribution is 5.98. The molecule has 2 heterocycles. The summed E-state index contributed by atoms with van der Waals surface area (Å²) in [5.41, 5.74) is 2.98. The predicted octanol–water partition coefficient (Wildman–Crippen LogP) is 4.87. The fraction of sp³-hybridized carbons (Fsp3) is 0.440. The van der Waals surface area contributed by atoms with Gasteiger partial charge in [0.2, 0.25) is 0 Å². The van der Waals surface area contributed by atoms with Crippen molar-refractivity contribution in [1.29, 1.82) is 5.26 Å². The number of rotatable bonds is 5. The Morgan fingerprint density at radius 2 is 1.64 bits per heavy atom. The molecule has 0 amide bonds. The van der Waals surface area contributed by atoms with Crippen molar-refractivity contribution < 1.29 is 4.79 Å². The number of carbonyl (C=O) groups excluding carboxylic acids is 1. The molecule has 3 nitrogen and oxygen atoms in total. The second-order valence-electron chi connectivity index (χ2n) is 8.85. The number of nitrogens with zero attached hydrogens (tertiary/aromatic N) is 2. The Kier molecular flexibility index (Phi) is 4.33. The van der Waals surface area contributed by atoms with Gasteiger partial charge in [-0.25, -0.2) is 0 Å². The molecule has 0 spiro atoms. The normalized spacial score (nSPS) is 27.9. The molecule has 1 aliphatic carbocycles. The van der Waals surface area contributed by atoms with E-state index < -0.39 is 0 Å². The van der Waals surface area contributed by atoms with Crippen LogP contribution in [0.1, 0.15) is 60.0 Å². The quantitative estimate of drug-likeness (QED) is 0.706. The first-order valence-corrected chi connectivity index (χ1v) is 10.5. The highest BCUT2D eigenvalue weighted by Crippen LogP contribution is 2.47. The SMILES string of the molecule is N#CC1(c2ccc(C(=O)C3CC4CCC(C3)N4Cc3ccccc3)cc2)CC1. The first-order chi connectivity index (χ1) is 13.7. The number of hydrogen-bond acceptors (Lipinski definition) is 3. The summed E-state index contributed by atoms with van der Waals surface area (Å²) in [6.07, 6.45) is 6.27. The molecular formula is C25H26N2O. The Morgan fingerprint density at radius 3 is 2.21 bits per heavy atom. The second kappa shape index (κ2) is 6.87. The minimum atomic E-state index is -0.274. The van der Waals surface area contributed by atoms with Crippen LogP contribution < -0.4 is 0 Å². The van der Waals surface area contributed by atoms with Gasteiger partial charge in [0, 0.05) is 30.1 Å². The standard InChI is InChI=1S/C25H26N2O/c26-17-25(12-13-25)21-8-6-19(7-9-21)24(28)20-14-22-10-11-23(15-20)27(22)16-18-4-2-1-3-5-18/h1-9,20,22-23H,10-16H2. The van der Waals surface area contributed by atoms with E-state index in [-0.39, 0.29) is 11.3 Å². The molecule has 0 radical (unpaired) electrons. The Morgan fingerprint density at radius 1 is 1.00 bits per heavy atom. The summed E-state index contributed by atoms with van der Waals surface area (Å²) in [5.74, 6) is 0.436. The summed E-state index contributed by atoms with van der Waals surface area (Å²) in [6.45, 7) is 1.00. The highest BCUT2D eigenvalue weighted by atomic mass is 16.1. The van der Waals surface area contributed by atoms with E-state index in [4.69, 9.17) is 0 Å². The van der Waals surface area contributed by atoms with Crippen molar-refractivity contribution in [3.63, 3.8) is 0 Å². The molecule has 2 aromatic rings. The third-order valence-electron chi connectivity index (χ3n) is 7.15. The smallest absolute Gasteiger partial charge is 0.166 e. The summed E-state index contributed by atoms with van der Waals surface area (Å²) in [5, 5.41) is 9.37. The summed E-state index contributed by atoms with van der Waals surface area (Å²) >= 11 is 0. The highest BCUT2D eigenvalue weighted by Gasteiger charge is 2.45. The molecule has 2 unspecified atom stereocenters. The zero-order valence-corrected chi connectivity index (χ0v) is 16.2. The van der Waals surface area contributed by atoms with Crippen LogP contribution in [0.4, 0.5) is 0 Å². The van der Waals surface area contributed by atoms with Crippen molar-refractivity contribution in [2.45, 2.75) is 62.6 Å². The second-order valence-corrected chi connectivity index (χ2v) is 8.85. The van der Waals surface area contributed by atoms with E-state index in [1.54, 1.807) is 0 Å². The van der Waals surface area contributed by atoms with Crippen LogP contribution in [0.5, 0.6) is 0 Å². The number of ketones is 1. The Bertz CT molecular complexity index is 894. The summed E-state index contributed by atoms with van der Waals surface area (Å²) in [7, 11) is 0. The Balaban J connectivity index is 1.27. The number of hydrogen-bond donors (Lipinski definition) is 0. The fourth-order valence-electron chi connectivity index (χ4n) is 5.32. The third-order valence-corrected chi connectivity index (χ3v) is 7.15. The van der Waals surface area contributed by atoms with E-state index in [0.29, 0.717) is 17.9 Å². The maximum absolute atomic E-state index is 13.1. The number of carbonyl (C=O) groups is 1. The average molecular weight is 370 g/mol. The number of benzene rings is 2. The van der Waals surface area contributed by atoms with Crippen molar-refractivity contribution in [3.8, 4) is 6.07 Å². The Labute approximate surface area is 167 Å². The summed E-state index contributed by atoms with van der Waals surface area (Å²) in [4.78, 5) is 15.8. The van der Waals surface area contributed by atoms with Crippen molar-refractivity contribution in [2.75, 3.05) is 0 Å². The van der Waals surface area contributed by atoms with E-state index in [0.717, 1.165) is 43.4 Å². The zero-order valence-electron chi connectivity index (χ0n) is 16.2. The lowest BCUT2D eigenvalue weighted by Crippen LogP contribution is -2.44. The minimum absolute atomic E-state index is 0.140. The summed E-state index contributed by atoms with van der Waals surface area (Å²) in [6, 6.07) is 22.1. The van der Waals surface area contributed by atoms with Crippen LogP contribution in [-0.4, -0.2) is 22.8 Å². The van der Waals surface area contributed by atoms with E-state index in [9.17, 15) is 10.1 Å². The van der Waals surface area contributed by atoms with Crippen molar-refractivity contribution in [2.24, 2.45) is 5.92 Å². The predicted molar refractivity (Wildman–Crippen MR) is 109 cm³/mol. The van der Waals surface area contributed by atoms with Gasteiger partial charge in [0.05, 0.1) is 11.5 Å². The molecule has 2 aromatic carbocycles.